The number of rotatable bonds is 17. The van der Waals surface area contributed by atoms with Crippen molar-refractivity contribution in [3.05, 3.63) is 59.7 Å². The summed E-state index contributed by atoms with van der Waals surface area (Å²) in [4.78, 5) is 91.6. The zero-order valence-electron chi connectivity index (χ0n) is 31.3. The first-order valence-electron chi connectivity index (χ1n) is 17.0. The van der Waals surface area contributed by atoms with E-state index in [0.717, 1.165) is 22.6 Å². The van der Waals surface area contributed by atoms with Gasteiger partial charge >= 0.3 is 5.97 Å². The number of hydrogen-bond acceptors (Lipinski definition) is 8. The highest BCUT2D eigenvalue weighted by Crippen LogP contribution is 2.29. The van der Waals surface area contributed by atoms with Crippen LogP contribution in [0.5, 0.6) is 0 Å². The second-order valence-corrected chi connectivity index (χ2v) is 14.7. The van der Waals surface area contributed by atoms with Crippen LogP contribution < -0.4 is 21.3 Å². The number of hydrogen-bond donors (Lipinski definition) is 5. The maximum Gasteiger partial charge on any atom is 0.305 e. The molecule has 1 aromatic rings. The number of nitrogens with zero attached hydrogens (tertiary/aromatic N) is 2. The average Bonchev–Trinajstić information content (AvgIpc) is 3.37. The Morgan fingerprint density at radius 2 is 1.47 bits per heavy atom. The van der Waals surface area contributed by atoms with Gasteiger partial charge in [-0.2, -0.15) is 0 Å². The van der Waals surface area contributed by atoms with E-state index in [-0.39, 0.29) is 36.4 Å². The van der Waals surface area contributed by atoms with Gasteiger partial charge in [-0.3, -0.25) is 38.5 Å². The molecule has 0 bridgehead atoms. The van der Waals surface area contributed by atoms with E-state index >= 15 is 0 Å². The van der Waals surface area contributed by atoms with Crippen molar-refractivity contribution < 1.29 is 38.7 Å². The lowest BCUT2D eigenvalue weighted by Crippen LogP contribution is -2.61. The lowest BCUT2D eigenvalue weighted by molar-refractivity contribution is -0.141. The molecule has 0 radical (unpaired) electrons. The molecule has 4 atom stereocenters. The zero-order valence-corrected chi connectivity index (χ0v) is 31.3. The molecule has 0 saturated carbocycles. The first kappa shape index (κ1) is 42.3. The van der Waals surface area contributed by atoms with Gasteiger partial charge in [-0.25, -0.2) is 0 Å². The molecule has 51 heavy (non-hydrogen) atoms. The molecular weight excluding hydrogens is 656 g/mol. The Morgan fingerprint density at radius 3 is 1.96 bits per heavy atom. The van der Waals surface area contributed by atoms with Crippen LogP contribution in [0.25, 0.3) is 0 Å². The molecule has 280 valence electrons. The molecule has 1 aliphatic rings. The van der Waals surface area contributed by atoms with Crippen LogP contribution in [0, 0.1) is 11.3 Å². The number of aliphatic carboxylic acids is 1. The first-order valence-corrected chi connectivity index (χ1v) is 17.0. The fraction of sp³-hybridized carbons (Fsp3) is 0.541. The smallest absolute Gasteiger partial charge is 0.305 e. The van der Waals surface area contributed by atoms with Crippen molar-refractivity contribution in [1.29, 1.82) is 0 Å². The lowest BCUT2D eigenvalue weighted by Gasteiger charge is -2.40. The normalized spacial score (nSPS) is 16.0. The topological polar surface area (TPSA) is 194 Å². The Hall–Kier alpha value is -4.85. The molecule has 2 rings (SSSR count). The van der Waals surface area contributed by atoms with E-state index in [1.807, 2.05) is 78.8 Å². The quantitative estimate of drug-likeness (QED) is 0.118. The molecule has 14 nitrogen and oxygen atoms in total. The number of nitrogens with one attached hydrogen (secondary N) is 4. The van der Waals surface area contributed by atoms with E-state index in [1.54, 1.807) is 20.2 Å². The molecule has 0 saturated heterocycles. The standard InChI is InChI=1S/C37H54N6O8/c1-22(2)26(20-23(3)32(48)40-25(21-29(46)47)33(49)39-18-19-43-27(44)16-17-28(43)45)42(10)35(51)31(36(4,5)6)41-34(50)30(38-9)37(7,8)24-14-12-11-13-15-24/h11-17,20,22,25-26,30-31,38H,18-19,21H2,1-10H3,(H,39,49)(H,40,48)(H,41,50)(H,46,47)/b23-20+/t25-,26+,30+,31+/m0/s1. The third-order valence-electron chi connectivity index (χ3n) is 8.98. The SMILES string of the molecule is CN[C@H](C(=O)N[C@H](C(=O)N(C)[C@H](/C=C(\C)C(=O)N[C@@H](CC(=O)O)C(=O)NCCN1C(=O)C=CC1=O)C(C)C)C(C)(C)C)C(C)(C)c1ccccc1. The van der Waals surface area contributed by atoms with Gasteiger partial charge in [0.2, 0.25) is 23.6 Å². The van der Waals surface area contributed by atoms with E-state index in [4.69, 9.17) is 0 Å². The number of carbonyl (C=O) groups is 7. The highest BCUT2D eigenvalue weighted by Gasteiger charge is 2.41. The van der Waals surface area contributed by atoms with Crippen LogP contribution in [0.3, 0.4) is 0 Å². The number of carbonyl (C=O) groups excluding carboxylic acids is 6. The van der Waals surface area contributed by atoms with E-state index in [9.17, 15) is 38.7 Å². The maximum absolute atomic E-state index is 14.2. The molecule has 6 amide bonds. The molecule has 1 aromatic carbocycles. The highest BCUT2D eigenvalue weighted by atomic mass is 16.4. The van der Waals surface area contributed by atoms with Gasteiger partial charge in [0.05, 0.1) is 18.5 Å². The van der Waals surface area contributed by atoms with E-state index in [1.165, 1.54) is 11.8 Å². The van der Waals surface area contributed by atoms with E-state index in [0.29, 0.717) is 0 Å². The minimum Gasteiger partial charge on any atom is -0.481 e. The molecule has 0 unspecified atom stereocenters. The van der Waals surface area contributed by atoms with Crippen molar-refractivity contribution in [1.82, 2.24) is 31.1 Å². The Labute approximate surface area is 300 Å². The predicted molar refractivity (Wildman–Crippen MR) is 192 cm³/mol. The summed E-state index contributed by atoms with van der Waals surface area (Å²) in [6, 6.07) is 5.92. The molecule has 0 fully saturated rings. The number of carboxylic acids is 1. The van der Waals surface area contributed by atoms with Crippen LogP contribution in [0.2, 0.25) is 0 Å². The van der Waals surface area contributed by atoms with Crippen LogP contribution >= 0.6 is 0 Å². The van der Waals surface area contributed by atoms with Gasteiger partial charge in [0, 0.05) is 43.3 Å². The summed E-state index contributed by atoms with van der Waals surface area (Å²) in [6.07, 6.45) is 3.06. The first-order chi connectivity index (χ1) is 23.6. The maximum atomic E-state index is 14.2. The molecule has 1 heterocycles. The Bertz CT molecular complexity index is 1510. The van der Waals surface area contributed by atoms with Gasteiger partial charge in [0.1, 0.15) is 12.1 Å². The van der Waals surface area contributed by atoms with Gasteiger partial charge in [-0.15, -0.1) is 0 Å². The minimum absolute atomic E-state index is 0.129. The second-order valence-electron chi connectivity index (χ2n) is 14.7. The minimum atomic E-state index is -1.46. The number of amides is 6. The zero-order chi connectivity index (χ0) is 38.8. The summed E-state index contributed by atoms with van der Waals surface area (Å²) in [5, 5.41) is 20.4. The molecule has 5 N–H and O–H groups in total. The van der Waals surface area contributed by atoms with E-state index in [2.05, 4.69) is 21.3 Å². The predicted octanol–water partition coefficient (Wildman–Crippen LogP) is 1.51. The molecule has 0 aliphatic carbocycles. The van der Waals surface area contributed by atoms with Crippen molar-refractivity contribution in [3.63, 3.8) is 0 Å². The summed E-state index contributed by atoms with van der Waals surface area (Å²) >= 11 is 0. The Balaban J connectivity index is 2.24. The van der Waals surface area contributed by atoms with Crippen LogP contribution in [0.4, 0.5) is 0 Å². The largest absolute Gasteiger partial charge is 0.481 e. The summed E-state index contributed by atoms with van der Waals surface area (Å²) < 4.78 is 0. The van der Waals surface area contributed by atoms with Gasteiger partial charge in [0.25, 0.3) is 11.8 Å². The van der Waals surface area contributed by atoms with Gasteiger partial charge < -0.3 is 31.3 Å². The fourth-order valence-electron chi connectivity index (χ4n) is 5.88. The van der Waals surface area contributed by atoms with Gasteiger partial charge in [-0.05, 0) is 30.9 Å². The number of benzene rings is 1. The summed E-state index contributed by atoms with van der Waals surface area (Å²) in [5.74, 6) is -4.84. The van der Waals surface area contributed by atoms with Gasteiger partial charge in [0.15, 0.2) is 0 Å². The number of likely N-dealkylation sites (N-methyl/N-ethyl adjacent to an activating group) is 2. The monoisotopic (exact) mass is 710 g/mol. The molecule has 0 spiro atoms. The van der Waals surface area contributed by atoms with Crippen LogP contribution in [0.1, 0.15) is 67.4 Å². The fourth-order valence-corrected chi connectivity index (χ4v) is 5.88. The van der Waals surface area contributed by atoms with E-state index < -0.39 is 71.0 Å². The van der Waals surface area contributed by atoms with Crippen molar-refractivity contribution in [2.75, 3.05) is 27.2 Å². The average molecular weight is 711 g/mol. The van der Waals surface area contributed by atoms with Gasteiger partial charge in [-0.1, -0.05) is 84.9 Å². The summed E-state index contributed by atoms with van der Waals surface area (Å²) in [6.45, 7) is 14.4. The molecule has 14 heteroatoms. The Morgan fingerprint density at radius 1 is 0.902 bits per heavy atom. The van der Waals surface area contributed by atoms with Crippen LogP contribution in [-0.4, -0.2) is 108 Å². The van der Waals surface area contributed by atoms with Crippen molar-refractivity contribution >= 4 is 41.4 Å². The summed E-state index contributed by atoms with van der Waals surface area (Å²) in [7, 11) is 3.29. The molecular formula is C37H54N6O8. The Kier molecular flexibility index (Phi) is 14.8. The van der Waals surface area contributed by atoms with Crippen molar-refractivity contribution in [3.8, 4) is 0 Å². The molecule has 1 aliphatic heterocycles. The van der Waals surface area contributed by atoms with Crippen LogP contribution in [-0.2, 0) is 39.0 Å². The summed E-state index contributed by atoms with van der Waals surface area (Å²) in [5.41, 5.74) is -0.238. The third kappa shape index (κ3) is 11.3. The van der Waals surface area contributed by atoms with Crippen LogP contribution in [0.15, 0.2) is 54.1 Å². The third-order valence-corrected chi connectivity index (χ3v) is 8.98. The van der Waals surface area contributed by atoms with Crippen molar-refractivity contribution in [2.24, 2.45) is 11.3 Å². The molecule has 0 aromatic heterocycles. The number of imide groups is 1. The highest BCUT2D eigenvalue weighted by molar-refractivity contribution is 6.12. The van der Waals surface area contributed by atoms with Crippen molar-refractivity contribution in [2.45, 2.75) is 91.4 Å². The lowest BCUT2D eigenvalue weighted by atomic mass is 9.76. The second kappa shape index (κ2) is 17.9. The number of carboxylic acid groups (broad SMARTS) is 1.